The van der Waals surface area contributed by atoms with Gasteiger partial charge >= 0.3 is 0 Å². The van der Waals surface area contributed by atoms with Crippen molar-refractivity contribution in [3.05, 3.63) is 48.3 Å². The highest BCUT2D eigenvalue weighted by Crippen LogP contribution is 2.25. The maximum Gasteiger partial charge on any atom is 0.257 e. The molecule has 0 spiro atoms. The average molecular weight is 351 g/mol. The third-order valence-corrected chi connectivity index (χ3v) is 5.40. The van der Waals surface area contributed by atoms with E-state index in [9.17, 15) is 4.79 Å². The molecule has 0 bridgehead atoms. The number of carbonyl (C=O) groups is 1. The van der Waals surface area contributed by atoms with Crippen molar-refractivity contribution in [3.8, 4) is 0 Å². The Morgan fingerprint density at radius 2 is 1.85 bits per heavy atom. The first-order valence-corrected chi connectivity index (χ1v) is 9.40. The standard InChI is InChI=1S/C20H25N5O/c1-15-7-5-6-10-25(15)18-13-24(14-18)19(26)16-11-21-20(22-12-16)23-17-8-3-2-4-9-17/h2-4,8-9,11-12,15,18H,5-7,10,13-14H2,1H3,(H,21,22,23)/t15-/m0/s1. The number of nitrogens with one attached hydrogen (secondary N) is 1. The molecule has 0 aliphatic carbocycles. The van der Waals surface area contributed by atoms with Crippen LogP contribution in [0, 0.1) is 0 Å². The number of hydrogen-bond donors (Lipinski definition) is 1. The maximum absolute atomic E-state index is 12.6. The number of benzene rings is 1. The molecular weight excluding hydrogens is 326 g/mol. The van der Waals surface area contributed by atoms with E-state index >= 15 is 0 Å². The number of hydrogen-bond acceptors (Lipinski definition) is 5. The molecule has 2 saturated heterocycles. The Morgan fingerprint density at radius 1 is 1.12 bits per heavy atom. The van der Waals surface area contributed by atoms with E-state index in [1.807, 2.05) is 35.2 Å². The molecular formula is C20H25N5O. The van der Waals surface area contributed by atoms with Crippen molar-refractivity contribution < 1.29 is 4.79 Å². The quantitative estimate of drug-likeness (QED) is 0.918. The molecule has 6 heteroatoms. The van der Waals surface area contributed by atoms with Gasteiger partial charge in [-0.1, -0.05) is 24.6 Å². The van der Waals surface area contributed by atoms with Gasteiger partial charge < -0.3 is 10.2 Å². The molecule has 2 aliphatic heterocycles. The lowest BCUT2D eigenvalue weighted by Gasteiger charge is -2.49. The normalized spacial score (nSPS) is 21.3. The molecule has 1 aromatic carbocycles. The molecule has 4 rings (SSSR count). The smallest absolute Gasteiger partial charge is 0.257 e. The molecule has 2 aliphatic rings. The molecule has 2 aromatic rings. The van der Waals surface area contributed by atoms with E-state index < -0.39 is 0 Å². The minimum Gasteiger partial charge on any atom is -0.335 e. The van der Waals surface area contributed by atoms with Crippen molar-refractivity contribution in [2.24, 2.45) is 0 Å². The second kappa shape index (κ2) is 7.41. The molecule has 3 heterocycles. The monoisotopic (exact) mass is 351 g/mol. The molecule has 0 radical (unpaired) electrons. The highest BCUT2D eigenvalue weighted by Gasteiger charge is 2.37. The topological polar surface area (TPSA) is 61.4 Å². The first kappa shape index (κ1) is 17.0. The number of para-hydroxylation sites is 1. The van der Waals surface area contributed by atoms with Gasteiger partial charge in [-0.2, -0.15) is 0 Å². The van der Waals surface area contributed by atoms with Crippen LogP contribution in [-0.4, -0.2) is 57.4 Å². The Morgan fingerprint density at radius 3 is 2.54 bits per heavy atom. The molecule has 6 nitrogen and oxygen atoms in total. The predicted octanol–water partition coefficient (Wildman–Crippen LogP) is 2.92. The Hall–Kier alpha value is -2.47. The van der Waals surface area contributed by atoms with Gasteiger partial charge in [0.2, 0.25) is 5.95 Å². The lowest BCUT2D eigenvalue weighted by molar-refractivity contribution is 0.00208. The van der Waals surface area contributed by atoms with Crippen molar-refractivity contribution in [2.45, 2.75) is 38.3 Å². The summed E-state index contributed by atoms with van der Waals surface area (Å²) in [4.78, 5) is 25.6. The van der Waals surface area contributed by atoms with E-state index in [2.05, 4.69) is 27.1 Å². The number of carbonyl (C=O) groups excluding carboxylic acids is 1. The third-order valence-electron chi connectivity index (χ3n) is 5.40. The van der Waals surface area contributed by atoms with Gasteiger partial charge in [-0.15, -0.1) is 0 Å². The van der Waals surface area contributed by atoms with Gasteiger partial charge in [0.05, 0.1) is 5.56 Å². The number of nitrogens with zero attached hydrogens (tertiary/aromatic N) is 4. The van der Waals surface area contributed by atoms with Crippen LogP contribution in [0.3, 0.4) is 0 Å². The molecule has 26 heavy (non-hydrogen) atoms. The average Bonchev–Trinajstić information content (AvgIpc) is 2.63. The zero-order valence-corrected chi connectivity index (χ0v) is 15.1. The number of anilines is 2. The maximum atomic E-state index is 12.6. The van der Waals surface area contributed by atoms with Gasteiger partial charge in [0, 0.05) is 43.3 Å². The Bertz CT molecular complexity index is 743. The fourth-order valence-corrected chi connectivity index (χ4v) is 3.83. The summed E-state index contributed by atoms with van der Waals surface area (Å²) in [6.45, 7) is 5.09. The van der Waals surface area contributed by atoms with Gasteiger partial charge in [-0.25, -0.2) is 9.97 Å². The minimum absolute atomic E-state index is 0.0252. The predicted molar refractivity (Wildman–Crippen MR) is 101 cm³/mol. The second-order valence-corrected chi connectivity index (χ2v) is 7.23. The zero-order valence-electron chi connectivity index (χ0n) is 15.1. The Labute approximate surface area is 154 Å². The van der Waals surface area contributed by atoms with E-state index in [-0.39, 0.29) is 5.91 Å². The van der Waals surface area contributed by atoms with Crippen LogP contribution in [0.4, 0.5) is 11.6 Å². The van der Waals surface area contributed by atoms with Gasteiger partial charge in [-0.05, 0) is 38.4 Å². The summed E-state index contributed by atoms with van der Waals surface area (Å²) in [5.74, 6) is 0.522. The number of amides is 1. The first-order valence-electron chi connectivity index (χ1n) is 9.40. The number of likely N-dealkylation sites (tertiary alicyclic amines) is 2. The van der Waals surface area contributed by atoms with Crippen LogP contribution >= 0.6 is 0 Å². The van der Waals surface area contributed by atoms with Crippen molar-refractivity contribution in [2.75, 3.05) is 25.0 Å². The van der Waals surface area contributed by atoms with Gasteiger partial charge in [0.1, 0.15) is 0 Å². The first-order chi connectivity index (χ1) is 12.7. The zero-order chi connectivity index (χ0) is 17.9. The SMILES string of the molecule is C[C@H]1CCCCN1C1CN(C(=O)c2cnc(Nc3ccccc3)nc2)C1. The summed E-state index contributed by atoms with van der Waals surface area (Å²) in [5.41, 5.74) is 1.47. The van der Waals surface area contributed by atoms with E-state index in [4.69, 9.17) is 0 Å². The lowest BCUT2D eigenvalue weighted by atomic mass is 9.97. The number of piperidine rings is 1. The summed E-state index contributed by atoms with van der Waals surface area (Å²) >= 11 is 0. The van der Waals surface area contributed by atoms with Gasteiger partial charge in [0.15, 0.2) is 0 Å². The molecule has 1 atom stereocenters. The highest BCUT2D eigenvalue weighted by atomic mass is 16.2. The molecule has 136 valence electrons. The highest BCUT2D eigenvalue weighted by molar-refractivity contribution is 5.94. The molecule has 0 unspecified atom stereocenters. The summed E-state index contributed by atoms with van der Waals surface area (Å²) in [6.07, 6.45) is 7.09. The summed E-state index contributed by atoms with van der Waals surface area (Å²) in [6, 6.07) is 10.9. The van der Waals surface area contributed by atoms with Crippen LogP contribution in [0.5, 0.6) is 0 Å². The molecule has 1 aromatic heterocycles. The summed E-state index contributed by atoms with van der Waals surface area (Å²) in [7, 11) is 0. The molecule has 0 saturated carbocycles. The molecule has 1 N–H and O–H groups in total. The molecule has 2 fully saturated rings. The third kappa shape index (κ3) is 3.55. The number of aromatic nitrogens is 2. The van der Waals surface area contributed by atoms with E-state index in [1.54, 1.807) is 12.4 Å². The Balaban J connectivity index is 1.33. The summed E-state index contributed by atoms with van der Waals surface area (Å²) in [5, 5.41) is 3.13. The van der Waals surface area contributed by atoms with E-state index in [0.717, 1.165) is 25.3 Å². The Kier molecular flexibility index (Phi) is 4.84. The lowest BCUT2D eigenvalue weighted by Crippen LogP contribution is -2.63. The van der Waals surface area contributed by atoms with Crippen molar-refractivity contribution in [1.29, 1.82) is 0 Å². The van der Waals surface area contributed by atoms with Crippen LogP contribution in [0.1, 0.15) is 36.5 Å². The van der Waals surface area contributed by atoms with Gasteiger partial charge in [0.25, 0.3) is 5.91 Å². The van der Waals surface area contributed by atoms with E-state index in [0.29, 0.717) is 23.6 Å². The fraction of sp³-hybridized carbons (Fsp3) is 0.450. The van der Waals surface area contributed by atoms with Crippen LogP contribution in [0.2, 0.25) is 0 Å². The van der Waals surface area contributed by atoms with E-state index in [1.165, 1.54) is 19.3 Å². The van der Waals surface area contributed by atoms with Crippen molar-refractivity contribution in [1.82, 2.24) is 19.8 Å². The van der Waals surface area contributed by atoms with Crippen LogP contribution in [-0.2, 0) is 0 Å². The van der Waals surface area contributed by atoms with Crippen molar-refractivity contribution in [3.63, 3.8) is 0 Å². The van der Waals surface area contributed by atoms with Crippen LogP contribution in [0.25, 0.3) is 0 Å². The minimum atomic E-state index is 0.0252. The fourth-order valence-electron chi connectivity index (χ4n) is 3.83. The van der Waals surface area contributed by atoms with Gasteiger partial charge in [-0.3, -0.25) is 9.69 Å². The van der Waals surface area contributed by atoms with Crippen LogP contribution in [0.15, 0.2) is 42.7 Å². The largest absolute Gasteiger partial charge is 0.335 e. The summed E-state index contributed by atoms with van der Waals surface area (Å²) < 4.78 is 0. The van der Waals surface area contributed by atoms with Crippen LogP contribution < -0.4 is 5.32 Å². The van der Waals surface area contributed by atoms with Crippen molar-refractivity contribution >= 4 is 17.5 Å². The second-order valence-electron chi connectivity index (χ2n) is 7.23. The number of rotatable bonds is 4. The molecule has 1 amide bonds.